The van der Waals surface area contributed by atoms with Crippen LogP contribution in [0.25, 0.3) is 21.6 Å². The average Bonchev–Trinajstić information content (AvgIpc) is 2.98. The van der Waals surface area contributed by atoms with Crippen LogP contribution in [0.1, 0.15) is 16.0 Å². The van der Waals surface area contributed by atoms with Crippen LogP contribution in [-0.4, -0.2) is 32.1 Å². The molecular weight excluding hydrogens is 326 g/mol. The Bertz CT molecular complexity index is 818. The Balaban J connectivity index is 1.71. The zero-order valence-corrected chi connectivity index (χ0v) is 15.6. The maximum absolute atomic E-state index is 5.88. The van der Waals surface area contributed by atoms with Crippen molar-refractivity contribution in [1.82, 2.24) is 4.90 Å². The molecule has 2 nitrogen and oxygen atoms in total. The van der Waals surface area contributed by atoms with Crippen LogP contribution in [0.2, 0.25) is 0 Å². The number of nitrogens with zero attached hydrogens (tertiary/aromatic N) is 1. The Labute approximate surface area is 153 Å². The number of likely N-dealkylation sites (N-methyl/N-ethyl adjacent to an activating group) is 1. The lowest BCUT2D eigenvalue weighted by Crippen LogP contribution is -2.17. The van der Waals surface area contributed by atoms with Crippen LogP contribution in [0, 0.1) is 0 Å². The van der Waals surface area contributed by atoms with Gasteiger partial charge >= 0.3 is 0 Å². The lowest BCUT2D eigenvalue weighted by atomic mass is 9.99. The van der Waals surface area contributed by atoms with Crippen molar-refractivity contribution in [2.75, 3.05) is 27.2 Å². The molecule has 4 rings (SSSR count). The van der Waals surface area contributed by atoms with Crippen LogP contribution in [-0.2, 0) is 17.8 Å². The van der Waals surface area contributed by atoms with E-state index in [-0.39, 0.29) is 0 Å². The van der Waals surface area contributed by atoms with Gasteiger partial charge in [-0.2, -0.15) is 0 Å². The number of rotatable bonds is 5. The summed E-state index contributed by atoms with van der Waals surface area (Å²) in [5, 5.41) is 0. The maximum Gasteiger partial charge on any atom is 0.0810 e. The fourth-order valence-electron chi connectivity index (χ4n) is 3.37. The van der Waals surface area contributed by atoms with Gasteiger partial charge in [-0.25, -0.2) is 0 Å². The first-order valence-electron chi connectivity index (χ1n) is 8.74. The molecule has 0 N–H and O–H groups in total. The Morgan fingerprint density at radius 1 is 0.920 bits per heavy atom. The molecule has 0 atom stereocenters. The van der Waals surface area contributed by atoms with Crippen molar-refractivity contribution in [3.63, 3.8) is 0 Å². The van der Waals surface area contributed by atoms with Gasteiger partial charge in [0.2, 0.25) is 0 Å². The monoisotopic (exact) mass is 349 g/mol. The maximum atomic E-state index is 5.88. The van der Waals surface area contributed by atoms with Crippen molar-refractivity contribution >= 4 is 11.3 Å². The highest BCUT2D eigenvalue weighted by Gasteiger charge is 2.21. The molecule has 2 aromatic carbocycles. The van der Waals surface area contributed by atoms with E-state index in [9.17, 15) is 0 Å². The van der Waals surface area contributed by atoms with E-state index in [0.717, 1.165) is 19.6 Å². The van der Waals surface area contributed by atoms with Crippen molar-refractivity contribution in [2.24, 2.45) is 0 Å². The molecule has 0 amide bonds. The summed E-state index contributed by atoms with van der Waals surface area (Å²) in [6.07, 6.45) is 1.00. The van der Waals surface area contributed by atoms with Crippen molar-refractivity contribution in [1.29, 1.82) is 0 Å². The number of fused-ring (bicyclic) bond motifs is 5. The molecular formula is C22H23NOS. The lowest BCUT2D eigenvalue weighted by molar-refractivity contribution is 0.107. The molecule has 0 saturated carbocycles. The van der Waals surface area contributed by atoms with Gasteiger partial charge in [-0.15, -0.1) is 11.3 Å². The van der Waals surface area contributed by atoms with Gasteiger partial charge in [0.05, 0.1) is 13.2 Å². The van der Waals surface area contributed by atoms with E-state index in [2.05, 4.69) is 73.6 Å². The Morgan fingerprint density at radius 2 is 1.60 bits per heavy atom. The van der Waals surface area contributed by atoms with Gasteiger partial charge in [-0.3, -0.25) is 0 Å². The first kappa shape index (κ1) is 16.5. The van der Waals surface area contributed by atoms with E-state index in [0.29, 0.717) is 6.61 Å². The number of benzene rings is 2. The van der Waals surface area contributed by atoms with Crippen LogP contribution in [0.5, 0.6) is 0 Å². The topological polar surface area (TPSA) is 12.5 Å². The molecule has 0 fully saturated rings. The molecule has 1 aliphatic rings. The molecule has 0 bridgehead atoms. The molecule has 3 heteroatoms. The summed E-state index contributed by atoms with van der Waals surface area (Å²) in [5.74, 6) is 0. The zero-order valence-electron chi connectivity index (χ0n) is 14.8. The fraction of sp³-hybridized carbons (Fsp3) is 0.273. The zero-order chi connectivity index (χ0) is 17.2. The Kier molecular flexibility index (Phi) is 4.71. The standard InChI is InChI=1S/C22H23NOS/c1-23(2)11-12-24-15-18-14-21-19-9-5-3-7-16(19)13-17-8-4-6-10-20(17)22(21)25-18/h3-10,14H,11-13,15H2,1-2H3. The minimum absolute atomic E-state index is 0.690. The van der Waals surface area contributed by atoms with Crippen LogP contribution >= 0.6 is 11.3 Å². The van der Waals surface area contributed by atoms with Crippen molar-refractivity contribution in [3.8, 4) is 21.6 Å². The predicted octanol–water partition coefficient (Wildman–Crippen LogP) is 5.06. The molecule has 1 aromatic heterocycles. The van der Waals surface area contributed by atoms with Gasteiger partial charge in [0.15, 0.2) is 0 Å². The van der Waals surface area contributed by atoms with Crippen molar-refractivity contribution in [2.45, 2.75) is 13.0 Å². The molecule has 0 saturated heterocycles. The quantitative estimate of drug-likeness (QED) is 0.467. The number of thiophene rings is 1. The second-order valence-electron chi connectivity index (χ2n) is 6.80. The summed E-state index contributed by atoms with van der Waals surface area (Å²) in [5.41, 5.74) is 6.92. The lowest BCUT2D eigenvalue weighted by Gasteiger charge is -2.09. The molecule has 0 aliphatic heterocycles. The van der Waals surface area contributed by atoms with Gasteiger partial charge in [0.25, 0.3) is 0 Å². The normalized spacial score (nSPS) is 12.4. The van der Waals surface area contributed by atoms with Gasteiger partial charge in [0.1, 0.15) is 0 Å². The minimum Gasteiger partial charge on any atom is -0.375 e. The predicted molar refractivity (Wildman–Crippen MR) is 106 cm³/mol. The summed E-state index contributed by atoms with van der Waals surface area (Å²) < 4.78 is 5.88. The van der Waals surface area contributed by atoms with E-state index >= 15 is 0 Å². The summed E-state index contributed by atoms with van der Waals surface area (Å²) in [7, 11) is 4.15. The second-order valence-corrected chi connectivity index (χ2v) is 7.94. The third-order valence-corrected chi connectivity index (χ3v) is 5.80. The first-order chi connectivity index (χ1) is 12.2. The summed E-state index contributed by atoms with van der Waals surface area (Å²) >= 11 is 1.88. The van der Waals surface area contributed by atoms with Gasteiger partial charge < -0.3 is 9.64 Å². The summed E-state index contributed by atoms with van der Waals surface area (Å²) in [6.45, 7) is 2.41. The summed E-state index contributed by atoms with van der Waals surface area (Å²) in [6, 6.07) is 19.9. The number of hydrogen-bond acceptors (Lipinski definition) is 3. The molecule has 25 heavy (non-hydrogen) atoms. The molecule has 0 unspecified atom stereocenters. The van der Waals surface area contributed by atoms with E-state index < -0.39 is 0 Å². The van der Waals surface area contributed by atoms with Crippen LogP contribution < -0.4 is 0 Å². The third kappa shape index (κ3) is 3.40. The van der Waals surface area contributed by atoms with Crippen LogP contribution in [0.15, 0.2) is 54.6 Å². The van der Waals surface area contributed by atoms with E-state index in [4.69, 9.17) is 4.74 Å². The van der Waals surface area contributed by atoms with E-state index in [1.165, 1.54) is 37.6 Å². The molecule has 3 aromatic rings. The molecule has 0 radical (unpaired) electrons. The van der Waals surface area contributed by atoms with E-state index in [1.807, 2.05) is 11.3 Å². The van der Waals surface area contributed by atoms with Crippen molar-refractivity contribution < 1.29 is 4.74 Å². The average molecular weight is 349 g/mol. The highest BCUT2D eigenvalue weighted by atomic mass is 32.1. The highest BCUT2D eigenvalue weighted by Crippen LogP contribution is 2.45. The second kappa shape index (κ2) is 7.12. The molecule has 1 heterocycles. The van der Waals surface area contributed by atoms with Gasteiger partial charge in [-0.05, 0) is 48.8 Å². The number of hydrogen-bond donors (Lipinski definition) is 0. The van der Waals surface area contributed by atoms with Crippen molar-refractivity contribution in [3.05, 3.63) is 70.6 Å². The largest absolute Gasteiger partial charge is 0.375 e. The molecule has 0 spiro atoms. The fourth-order valence-corrected chi connectivity index (χ4v) is 4.54. The van der Waals surface area contributed by atoms with Gasteiger partial charge in [-0.1, -0.05) is 48.5 Å². The summed E-state index contributed by atoms with van der Waals surface area (Å²) in [4.78, 5) is 4.83. The molecule has 1 aliphatic carbocycles. The van der Waals surface area contributed by atoms with Crippen LogP contribution in [0.3, 0.4) is 0 Å². The smallest absolute Gasteiger partial charge is 0.0810 e. The van der Waals surface area contributed by atoms with Gasteiger partial charge in [0, 0.05) is 21.9 Å². The number of ether oxygens (including phenoxy) is 1. The Hall–Kier alpha value is -1.94. The minimum atomic E-state index is 0.690. The Morgan fingerprint density at radius 3 is 2.36 bits per heavy atom. The third-order valence-electron chi connectivity index (χ3n) is 4.66. The van der Waals surface area contributed by atoms with E-state index in [1.54, 1.807) is 0 Å². The first-order valence-corrected chi connectivity index (χ1v) is 9.56. The van der Waals surface area contributed by atoms with Crippen LogP contribution in [0.4, 0.5) is 0 Å². The highest BCUT2D eigenvalue weighted by molar-refractivity contribution is 7.16. The molecule has 128 valence electrons. The SMILES string of the molecule is CN(C)CCOCc1cc2c(s1)-c1ccccc1Cc1ccccc1-2.